The number of hydrogen-bond donors (Lipinski definition) is 0. The first-order chi connectivity index (χ1) is 11.2. The molecule has 1 saturated heterocycles. The van der Waals surface area contributed by atoms with Crippen LogP contribution in [0.15, 0.2) is 42.9 Å². The molecular formula is C18H20N4O. The molecule has 23 heavy (non-hydrogen) atoms. The molecule has 5 heteroatoms. The molecule has 0 N–H and O–H groups in total. The molecule has 4 rings (SSSR count). The summed E-state index contributed by atoms with van der Waals surface area (Å²) in [4.78, 5) is 15.1. The smallest absolute Gasteiger partial charge is 0.259 e. The molecule has 2 aromatic heterocycles. The summed E-state index contributed by atoms with van der Waals surface area (Å²) < 4.78 is 3.70. The van der Waals surface area contributed by atoms with Gasteiger partial charge >= 0.3 is 0 Å². The lowest BCUT2D eigenvalue weighted by atomic mass is 9.99. The van der Waals surface area contributed by atoms with E-state index in [-0.39, 0.29) is 11.9 Å². The zero-order valence-electron chi connectivity index (χ0n) is 13.4. The minimum atomic E-state index is 0.0764. The van der Waals surface area contributed by atoms with Gasteiger partial charge in [0.2, 0.25) is 0 Å². The number of carbonyl (C=O) groups excluding carboxylic acids is 1. The molecule has 0 aliphatic carbocycles. The van der Waals surface area contributed by atoms with Gasteiger partial charge in [0.1, 0.15) is 11.2 Å². The molecule has 1 aliphatic heterocycles. The molecule has 5 nitrogen and oxygen atoms in total. The summed E-state index contributed by atoms with van der Waals surface area (Å²) in [5, 5.41) is 4.30. The molecular weight excluding hydrogens is 288 g/mol. The molecule has 0 unspecified atom stereocenters. The average Bonchev–Trinajstić information content (AvgIpc) is 3.25. The van der Waals surface area contributed by atoms with Crippen molar-refractivity contribution in [1.29, 1.82) is 0 Å². The van der Waals surface area contributed by atoms with Crippen molar-refractivity contribution in [3.63, 3.8) is 0 Å². The van der Waals surface area contributed by atoms with Crippen LogP contribution in [0.25, 0.3) is 5.65 Å². The van der Waals surface area contributed by atoms with E-state index in [1.807, 2.05) is 35.0 Å². The van der Waals surface area contributed by atoms with Crippen molar-refractivity contribution in [3.8, 4) is 0 Å². The second kappa shape index (κ2) is 5.26. The second-order valence-corrected chi connectivity index (χ2v) is 6.25. The van der Waals surface area contributed by atoms with Crippen LogP contribution >= 0.6 is 0 Å². The highest BCUT2D eigenvalue weighted by atomic mass is 16.2. The van der Waals surface area contributed by atoms with Gasteiger partial charge in [-0.2, -0.15) is 5.10 Å². The summed E-state index contributed by atoms with van der Waals surface area (Å²) in [6, 6.07) is 8.52. The number of fused-ring (bicyclic) bond motifs is 1. The first-order valence-electron chi connectivity index (χ1n) is 8.02. The van der Waals surface area contributed by atoms with E-state index in [0.717, 1.165) is 25.0 Å². The summed E-state index contributed by atoms with van der Waals surface area (Å²) in [6.07, 6.45) is 7.54. The zero-order chi connectivity index (χ0) is 16.0. The Hall–Kier alpha value is -2.56. The predicted molar refractivity (Wildman–Crippen MR) is 88.4 cm³/mol. The number of benzene rings is 1. The fraction of sp³-hybridized carbons (Fsp3) is 0.333. The second-order valence-electron chi connectivity index (χ2n) is 6.25. The topological polar surface area (TPSA) is 42.5 Å². The maximum atomic E-state index is 13.1. The number of nitrogens with zero attached hydrogens (tertiary/aromatic N) is 4. The quantitative estimate of drug-likeness (QED) is 0.730. The Morgan fingerprint density at radius 1 is 1.26 bits per heavy atom. The van der Waals surface area contributed by atoms with Gasteiger partial charge in [0.05, 0.1) is 12.2 Å². The molecule has 3 heterocycles. The summed E-state index contributed by atoms with van der Waals surface area (Å²) >= 11 is 0. The van der Waals surface area contributed by atoms with Crippen LogP contribution in [0.5, 0.6) is 0 Å². The minimum absolute atomic E-state index is 0.0764. The van der Waals surface area contributed by atoms with Gasteiger partial charge in [0.15, 0.2) is 0 Å². The molecule has 1 fully saturated rings. The van der Waals surface area contributed by atoms with Crippen molar-refractivity contribution in [2.24, 2.45) is 7.05 Å². The lowest BCUT2D eigenvalue weighted by Gasteiger charge is -2.26. The fourth-order valence-electron chi connectivity index (χ4n) is 3.65. The minimum Gasteiger partial charge on any atom is -0.334 e. The maximum absolute atomic E-state index is 13.1. The van der Waals surface area contributed by atoms with Gasteiger partial charge < -0.3 is 9.47 Å². The number of carbonyl (C=O) groups is 1. The van der Waals surface area contributed by atoms with E-state index in [2.05, 4.69) is 30.2 Å². The first kappa shape index (κ1) is 14.1. The summed E-state index contributed by atoms with van der Waals surface area (Å²) in [7, 11) is 1.94. The van der Waals surface area contributed by atoms with Gasteiger partial charge in [-0.3, -0.25) is 4.79 Å². The van der Waals surface area contributed by atoms with Gasteiger partial charge in [-0.1, -0.05) is 24.3 Å². The average molecular weight is 308 g/mol. The van der Waals surface area contributed by atoms with Gasteiger partial charge in [-0.05, 0) is 30.9 Å². The van der Waals surface area contributed by atoms with Gasteiger partial charge in [-0.15, -0.1) is 0 Å². The van der Waals surface area contributed by atoms with E-state index in [1.54, 1.807) is 10.7 Å². The number of hydrogen-bond acceptors (Lipinski definition) is 2. The lowest BCUT2D eigenvalue weighted by Crippen LogP contribution is -2.31. The predicted octanol–water partition coefficient (Wildman–Crippen LogP) is 2.96. The maximum Gasteiger partial charge on any atom is 0.259 e. The number of aromatic nitrogens is 3. The highest BCUT2D eigenvalue weighted by Crippen LogP contribution is 2.35. The lowest BCUT2D eigenvalue weighted by molar-refractivity contribution is 0.0737. The van der Waals surface area contributed by atoms with Crippen molar-refractivity contribution in [3.05, 3.63) is 59.5 Å². The summed E-state index contributed by atoms with van der Waals surface area (Å²) in [6.45, 7) is 2.92. The Morgan fingerprint density at radius 3 is 2.91 bits per heavy atom. The molecule has 0 bridgehead atoms. The number of amides is 1. The zero-order valence-corrected chi connectivity index (χ0v) is 13.4. The molecule has 0 saturated carbocycles. The van der Waals surface area contributed by atoms with Crippen LogP contribution in [-0.4, -0.2) is 31.5 Å². The normalized spacial score (nSPS) is 18.0. The van der Waals surface area contributed by atoms with Gasteiger partial charge in [0, 0.05) is 26.0 Å². The third kappa shape index (κ3) is 2.15. The summed E-state index contributed by atoms with van der Waals surface area (Å²) in [5.41, 5.74) is 4.04. The van der Waals surface area contributed by atoms with Crippen molar-refractivity contribution in [2.45, 2.75) is 25.8 Å². The van der Waals surface area contributed by atoms with Crippen LogP contribution in [0.2, 0.25) is 0 Å². The Kier molecular flexibility index (Phi) is 3.22. The molecule has 1 aliphatic rings. The Labute approximate surface area is 135 Å². The fourth-order valence-corrected chi connectivity index (χ4v) is 3.65. The molecule has 1 aromatic carbocycles. The molecule has 0 spiro atoms. The Morgan fingerprint density at radius 2 is 2.09 bits per heavy atom. The van der Waals surface area contributed by atoms with E-state index in [1.165, 1.54) is 11.1 Å². The van der Waals surface area contributed by atoms with Crippen LogP contribution in [0, 0.1) is 6.92 Å². The van der Waals surface area contributed by atoms with Crippen molar-refractivity contribution < 1.29 is 4.79 Å². The monoisotopic (exact) mass is 308 g/mol. The van der Waals surface area contributed by atoms with Crippen molar-refractivity contribution in [1.82, 2.24) is 19.1 Å². The largest absolute Gasteiger partial charge is 0.334 e. The SMILES string of the molecule is Cc1ccccc1[C@@H]1CCCN1C(=O)c1cnn2ccn(C)c12. The highest BCUT2D eigenvalue weighted by Gasteiger charge is 2.33. The highest BCUT2D eigenvalue weighted by molar-refractivity contribution is 6.00. The van der Waals surface area contributed by atoms with Crippen LogP contribution < -0.4 is 0 Å². The van der Waals surface area contributed by atoms with E-state index in [4.69, 9.17) is 0 Å². The van der Waals surface area contributed by atoms with E-state index in [0.29, 0.717) is 5.56 Å². The molecule has 1 amide bonds. The first-order valence-corrected chi connectivity index (χ1v) is 8.02. The van der Waals surface area contributed by atoms with Crippen LogP contribution in [0.3, 0.4) is 0 Å². The van der Waals surface area contributed by atoms with Gasteiger partial charge in [-0.25, -0.2) is 4.52 Å². The standard InChI is InChI=1S/C18H20N4O/c1-13-6-3-4-7-14(13)16-8-5-9-21(16)18(23)15-12-19-22-11-10-20(2)17(15)22/h3-4,6-7,10-12,16H,5,8-9H2,1-2H3/t16-/m0/s1. The number of rotatable bonds is 2. The molecule has 3 aromatic rings. The third-order valence-corrected chi connectivity index (χ3v) is 4.83. The Balaban J connectivity index is 1.73. The number of aryl methyl sites for hydroxylation is 2. The van der Waals surface area contributed by atoms with E-state index < -0.39 is 0 Å². The number of likely N-dealkylation sites (tertiary alicyclic amines) is 1. The number of imidazole rings is 1. The molecule has 0 radical (unpaired) electrons. The van der Waals surface area contributed by atoms with Crippen molar-refractivity contribution >= 4 is 11.6 Å². The molecule has 118 valence electrons. The van der Waals surface area contributed by atoms with Crippen LogP contribution in [0.1, 0.15) is 40.4 Å². The Bertz CT molecular complexity index is 876. The van der Waals surface area contributed by atoms with E-state index in [9.17, 15) is 4.79 Å². The van der Waals surface area contributed by atoms with E-state index >= 15 is 0 Å². The van der Waals surface area contributed by atoms with Gasteiger partial charge in [0.25, 0.3) is 5.91 Å². The van der Waals surface area contributed by atoms with Crippen LogP contribution in [-0.2, 0) is 7.05 Å². The molecule has 1 atom stereocenters. The third-order valence-electron chi connectivity index (χ3n) is 4.83. The van der Waals surface area contributed by atoms with Crippen LogP contribution in [0.4, 0.5) is 0 Å². The van der Waals surface area contributed by atoms with Crippen molar-refractivity contribution in [2.75, 3.05) is 6.54 Å². The summed E-state index contributed by atoms with van der Waals surface area (Å²) in [5.74, 6) is 0.0764.